The maximum Gasteiger partial charge on any atom is 0.337 e. The molecule has 1 aromatic heterocycles. The van der Waals surface area contributed by atoms with Crippen LogP contribution in [0.4, 0.5) is 5.95 Å². The molecule has 0 aliphatic heterocycles. The van der Waals surface area contributed by atoms with Crippen LogP contribution >= 0.6 is 0 Å². The molecule has 13 heavy (non-hydrogen) atoms. The summed E-state index contributed by atoms with van der Waals surface area (Å²) in [6, 6.07) is 0.0984. The van der Waals surface area contributed by atoms with Crippen LogP contribution in [0.15, 0.2) is 0 Å². The highest BCUT2D eigenvalue weighted by Crippen LogP contribution is 2.06. The van der Waals surface area contributed by atoms with Gasteiger partial charge >= 0.3 is 12.0 Å². The van der Waals surface area contributed by atoms with E-state index in [-0.39, 0.29) is 18.5 Å². The molecule has 1 heterocycles. The van der Waals surface area contributed by atoms with Gasteiger partial charge in [0.05, 0.1) is 6.61 Å². The predicted octanol–water partition coefficient (Wildman–Crippen LogP) is -0.656. The van der Waals surface area contributed by atoms with Crippen molar-refractivity contribution in [2.75, 3.05) is 12.3 Å². The second kappa shape index (κ2) is 3.74. The number of carboxylic acids is 1. The monoisotopic (exact) mass is 186 g/mol. The number of rotatable bonds is 4. The highest BCUT2D eigenvalue weighted by Gasteiger charge is 2.09. The second-order valence-electron chi connectivity index (χ2n) is 2.24. The maximum absolute atomic E-state index is 10.3. The summed E-state index contributed by atoms with van der Waals surface area (Å²) in [5, 5.41) is 12.2. The third kappa shape index (κ3) is 2.32. The highest BCUT2D eigenvalue weighted by atomic mass is 16.5. The molecule has 0 saturated heterocycles. The van der Waals surface area contributed by atoms with Crippen molar-refractivity contribution in [2.45, 2.75) is 13.5 Å². The van der Waals surface area contributed by atoms with Crippen LogP contribution in [0.5, 0.6) is 6.01 Å². The number of carbonyl (C=O) groups is 1. The van der Waals surface area contributed by atoms with Crippen LogP contribution in [-0.2, 0) is 11.3 Å². The van der Waals surface area contributed by atoms with E-state index in [0.29, 0.717) is 6.61 Å². The van der Waals surface area contributed by atoms with Crippen LogP contribution in [0.1, 0.15) is 6.92 Å². The first-order valence-electron chi connectivity index (χ1n) is 3.68. The van der Waals surface area contributed by atoms with Crippen molar-refractivity contribution >= 4 is 11.9 Å². The summed E-state index contributed by atoms with van der Waals surface area (Å²) in [7, 11) is 0. The van der Waals surface area contributed by atoms with Gasteiger partial charge in [0.1, 0.15) is 6.54 Å². The molecule has 0 saturated carbocycles. The molecule has 0 unspecified atom stereocenters. The molecule has 0 atom stereocenters. The first-order chi connectivity index (χ1) is 6.13. The van der Waals surface area contributed by atoms with Crippen LogP contribution in [0.3, 0.4) is 0 Å². The number of aliphatic carboxylic acids is 1. The third-order valence-corrected chi connectivity index (χ3v) is 1.24. The second-order valence-corrected chi connectivity index (χ2v) is 2.24. The molecule has 0 aromatic carbocycles. The summed E-state index contributed by atoms with van der Waals surface area (Å²) in [6.07, 6.45) is 0. The largest absolute Gasteiger partial charge is 0.480 e. The van der Waals surface area contributed by atoms with Crippen LogP contribution in [0, 0.1) is 0 Å². The molecule has 7 nitrogen and oxygen atoms in total. The number of carboxylic acid groups (broad SMARTS) is 1. The Morgan fingerprint density at radius 2 is 2.46 bits per heavy atom. The summed E-state index contributed by atoms with van der Waals surface area (Å²) in [5.41, 5.74) is 5.37. The smallest absolute Gasteiger partial charge is 0.337 e. The Morgan fingerprint density at radius 3 is 3.00 bits per heavy atom. The van der Waals surface area contributed by atoms with E-state index in [1.165, 1.54) is 0 Å². The Morgan fingerprint density at radius 1 is 1.77 bits per heavy atom. The Kier molecular flexibility index (Phi) is 2.68. The fourth-order valence-electron chi connectivity index (χ4n) is 0.767. The van der Waals surface area contributed by atoms with Gasteiger partial charge in [-0.15, -0.1) is 5.10 Å². The lowest BCUT2D eigenvalue weighted by Crippen LogP contribution is -2.12. The van der Waals surface area contributed by atoms with Crippen LogP contribution in [0.25, 0.3) is 0 Å². The lowest BCUT2D eigenvalue weighted by Gasteiger charge is -1.95. The minimum atomic E-state index is -1.03. The van der Waals surface area contributed by atoms with E-state index < -0.39 is 5.97 Å². The molecule has 0 amide bonds. The summed E-state index contributed by atoms with van der Waals surface area (Å²) >= 11 is 0. The average Bonchev–Trinajstić information content (AvgIpc) is 2.31. The van der Waals surface area contributed by atoms with Gasteiger partial charge < -0.3 is 15.6 Å². The zero-order valence-electron chi connectivity index (χ0n) is 7.10. The molecule has 0 radical (unpaired) electrons. The number of hydrogen-bond acceptors (Lipinski definition) is 5. The van der Waals surface area contributed by atoms with Gasteiger partial charge in [-0.1, -0.05) is 0 Å². The first-order valence-corrected chi connectivity index (χ1v) is 3.68. The number of nitrogens with zero attached hydrogens (tertiary/aromatic N) is 3. The van der Waals surface area contributed by atoms with Crippen molar-refractivity contribution in [2.24, 2.45) is 0 Å². The molecule has 0 spiro atoms. The Labute approximate surface area is 74.1 Å². The minimum absolute atomic E-state index is 0.0332. The Bertz CT molecular complexity index is 309. The molecule has 0 fully saturated rings. The summed E-state index contributed by atoms with van der Waals surface area (Å²) in [4.78, 5) is 14.0. The topological polar surface area (TPSA) is 103 Å². The molecule has 1 rings (SSSR count). The summed E-state index contributed by atoms with van der Waals surface area (Å²) in [5.74, 6) is -0.995. The molecule has 72 valence electrons. The molecule has 0 aliphatic carbocycles. The predicted molar refractivity (Wildman–Crippen MR) is 43.2 cm³/mol. The zero-order chi connectivity index (χ0) is 9.84. The van der Waals surface area contributed by atoms with E-state index in [9.17, 15) is 4.79 Å². The molecular formula is C6H10N4O3. The van der Waals surface area contributed by atoms with Crippen molar-refractivity contribution in [1.29, 1.82) is 0 Å². The van der Waals surface area contributed by atoms with E-state index in [1.54, 1.807) is 6.92 Å². The Hall–Kier alpha value is -1.79. The van der Waals surface area contributed by atoms with Crippen molar-refractivity contribution in [3.8, 4) is 6.01 Å². The molecule has 0 aliphatic rings. The number of nitrogens with two attached hydrogens (primary N) is 1. The summed E-state index contributed by atoms with van der Waals surface area (Å²) in [6.45, 7) is 1.87. The third-order valence-electron chi connectivity index (χ3n) is 1.24. The lowest BCUT2D eigenvalue weighted by atomic mass is 10.7. The van der Waals surface area contributed by atoms with Gasteiger partial charge in [-0.25, -0.2) is 4.68 Å². The van der Waals surface area contributed by atoms with Gasteiger partial charge in [0, 0.05) is 0 Å². The average molecular weight is 186 g/mol. The quantitative estimate of drug-likeness (QED) is 0.647. The van der Waals surface area contributed by atoms with E-state index in [0.717, 1.165) is 4.68 Å². The fourth-order valence-corrected chi connectivity index (χ4v) is 0.767. The summed E-state index contributed by atoms with van der Waals surface area (Å²) < 4.78 is 6.00. The number of hydrogen-bond donors (Lipinski definition) is 2. The van der Waals surface area contributed by atoms with Crippen LogP contribution < -0.4 is 10.5 Å². The van der Waals surface area contributed by atoms with E-state index in [2.05, 4.69) is 10.1 Å². The maximum atomic E-state index is 10.3. The Balaban J connectivity index is 2.77. The van der Waals surface area contributed by atoms with Crippen molar-refractivity contribution < 1.29 is 14.6 Å². The normalized spacial score (nSPS) is 9.92. The number of ether oxygens (including phenoxy) is 1. The lowest BCUT2D eigenvalue weighted by molar-refractivity contribution is -0.137. The van der Waals surface area contributed by atoms with Gasteiger partial charge in [-0.05, 0) is 6.92 Å². The van der Waals surface area contributed by atoms with Gasteiger partial charge in [-0.2, -0.15) is 4.98 Å². The molecular weight excluding hydrogens is 176 g/mol. The SMILES string of the molecule is CCOc1nc(N)n(CC(=O)O)n1. The number of aromatic nitrogens is 3. The first kappa shape index (κ1) is 9.30. The van der Waals surface area contributed by atoms with E-state index in [4.69, 9.17) is 15.6 Å². The molecule has 1 aromatic rings. The molecule has 0 bridgehead atoms. The van der Waals surface area contributed by atoms with E-state index >= 15 is 0 Å². The van der Waals surface area contributed by atoms with Crippen molar-refractivity contribution in [3.05, 3.63) is 0 Å². The van der Waals surface area contributed by atoms with E-state index in [1.807, 2.05) is 0 Å². The minimum Gasteiger partial charge on any atom is -0.480 e. The molecule has 3 N–H and O–H groups in total. The number of anilines is 1. The van der Waals surface area contributed by atoms with Crippen molar-refractivity contribution in [3.63, 3.8) is 0 Å². The van der Waals surface area contributed by atoms with Gasteiger partial charge in [-0.3, -0.25) is 4.79 Å². The standard InChI is InChI=1S/C6H10N4O3/c1-2-13-6-8-5(7)10(9-6)3-4(11)12/h2-3H2,1H3,(H,11,12)(H2,7,8,9). The number of nitrogen functional groups attached to an aromatic ring is 1. The fraction of sp³-hybridized carbons (Fsp3) is 0.500. The molecule has 7 heteroatoms. The van der Waals surface area contributed by atoms with Gasteiger partial charge in [0.2, 0.25) is 5.95 Å². The van der Waals surface area contributed by atoms with Crippen LogP contribution in [0.2, 0.25) is 0 Å². The van der Waals surface area contributed by atoms with Crippen molar-refractivity contribution in [1.82, 2.24) is 14.8 Å². The highest BCUT2D eigenvalue weighted by molar-refractivity contribution is 5.66. The zero-order valence-corrected chi connectivity index (χ0v) is 7.10. The van der Waals surface area contributed by atoms with Gasteiger partial charge in [0.25, 0.3) is 0 Å². The van der Waals surface area contributed by atoms with Gasteiger partial charge in [0.15, 0.2) is 0 Å². The van der Waals surface area contributed by atoms with Crippen LogP contribution in [-0.4, -0.2) is 32.4 Å².